The zero-order chi connectivity index (χ0) is 13.8. The summed E-state index contributed by atoms with van der Waals surface area (Å²) in [5, 5.41) is 12.3. The summed E-state index contributed by atoms with van der Waals surface area (Å²) in [6.45, 7) is -0.337. The third kappa shape index (κ3) is 3.52. The van der Waals surface area contributed by atoms with Crippen molar-refractivity contribution in [3.8, 4) is 0 Å². The first-order valence-electron chi connectivity index (χ1n) is 5.68. The minimum Gasteiger partial charge on any atom is -0.394 e. The Kier molecular flexibility index (Phi) is 4.50. The molecule has 1 atom stereocenters. The smallest absolute Gasteiger partial charge is 0.128 e. The van der Waals surface area contributed by atoms with Gasteiger partial charge in [0.05, 0.1) is 12.6 Å². The van der Waals surface area contributed by atoms with Crippen LogP contribution in [0.15, 0.2) is 46.9 Å². The van der Waals surface area contributed by atoms with Gasteiger partial charge in [-0.3, -0.25) is 0 Å². The first-order chi connectivity index (χ1) is 9.10. The van der Waals surface area contributed by atoms with Gasteiger partial charge in [0, 0.05) is 15.7 Å². The maximum absolute atomic E-state index is 13.6. The van der Waals surface area contributed by atoms with Gasteiger partial charge < -0.3 is 10.4 Å². The Labute approximate surface area is 118 Å². The largest absolute Gasteiger partial charge is 0.394 e. The molecule has 0 aliphatic heterocycles. The van der Waals surface area contributed by atoms with Gasteiger partial charge in [0.15, 0.2) is 0 Å². The molecule has 1 unspecified atom stereocenters. The fourth-order valence-corrected chi connectivity index (χ4v) is 2.02. The minimum absolute atomic E-state index is 0.102. The summed E-state index contributed by atoms with van der Waals surface area (Å²) in [6, 6.07) is 9.69. The van der Waals surface area contributed by atoms with Crippen molar-refractivity contribution in [2.75, 3.05) is 11.9 Å². The van der Waals surface area contributed by atoms with Crippen molar-refractivity contribution in [2.45, 2.75) is 6.04 Å². The molecule has 0 aliphatic rings. The molecule has 0 fully saturated rings. The maximum Gasteiger partial charge on any atom is 0.128 e. The average Bonchev–Trinajstić information content (AvgIpc) is 2.41. The van der Waals surface area contributed by atoms with E-state index in [1.165, 1.54) is 0 Å². The lowest BCUT2D eigenvalue weighted by Gasteiger charge is -2.18. The number of rotatable bonds is 4. The predicted molar refractivity (Wildman–Crippen MR) is 73.9 cm³/mol. The Hall–Kier alpha value is -1.46. The first kappa shape index (κ1) is 14.0. The molecule has 2 nitrogen and oxygen atoms in total. The lowest BCUT2D eigenvalue weighted by atomic mass is 10.1. The number of aliphatic hydroxyl groups is 1. The zero-order valence-electron chi connectivity index (χ0n) is 9.91. The second kappa shape index (κ2) is 6.12. The zero-order valence-corrected chi connectivity index (χ0v) is 11.5. The molecular formula is C14H12BrF2NO. The molecule has 0 bridgehead atoms. The van der Waals surface area contributed by atoms with Crippen LogP contribution in [0.1, 0.15) is 11.6 Å². The summed E-state index contributed by atoms with van der Waals surface area (Å²) in [6.07, 6.45) is 0. The third-order valence-electron chi connectivity index (χ3n) is 2.70. The molecule has 5 heteroatoms. The summed E-state index contributed by atoms with van der Waals surface area (Å²) >= 11 is 3.31. The van der Waals surface area contributed by atoms with Crippen LogP contribution in [0.2, 0.25) is 0 Å². The number of benzene rings is 2. The van der Waals surface area contributed by atoms with Gasteiger partial charge in [-0.25, -0.2) is 8.78 Å². The number of hydrogen-bond acceptors (Lipinski definition) is 2. The number of nitrogens with one attached hydrogen (secondary N) is 1. The fraction of sp³-hybridized carbons (Fsp3) is 0.143. The molecule has 2 aromatic rings. The molecule has 0 aliphatic carbocycles. The summed E-state index contributed by atoms with van der Waals surface area (Å²) in [7, 11) is 0. The third-order valence-corrected chi connectivity index (χ3v) is 3.23. The molecule has 2 aromatic carbocycles. The lowest BCUT2D eigenvalue weighted by Crippen LogP contribution is -2.16. The van der Waals surface area contributed by atoms with Gasteiger partial charge in [0.25, 0.3) is 0 Å². The number of halogens is 3. The van der Waals surface area contributed by atoms with Crippen molar-refractivity contribution in [3.05, 3.63) is 64.1 Å². The Morgan fingerprint density at radius 1 is 1.11 bits per heavy atom. The van der Waals surface area contributed by atoms with Crippen LogP contribution in [0.3, 0.4) is 0 Å². The van der Waals surface area contributed by atoms with Crippen LogP contribution in [-0.2, 0) is 0 Å². The highest BCUT2D eigenvalue weighted by atomic mass is 79.9. The van der Waals surface area contributed by atoms with Gasteiger partial charge in [-0.15, -0.1) is 0 Å². The molecule has 2 N–H and O–H groups in total. The van der Waals surface area contributed by atoms with Crippen LogP contribution in [-0.4, -0.2) is 11.7 Å². The van der Waals surface area contributed by atoms with Crippen LogP contribution < -0.4 is 5.32 Å². The van der Waals surface area contributed by atoms with E-state index in [1.807, 2.05) is 12.1 Å². The van der Waals surface area contributed by atoms with Gasteiger partial charge in [-0.1, -0.05) is 15.9 Å². The normalized spacial score (nSPS) is 12.2. The molecule has 0 heterocycles. The van der Waals surface area contributed by atoms with Gasteiger partial charge in [-0.2, -0.15) is 0 Å². The van der Waals surface area contributed by atoms with E-state index in [2.05, 4.69) is 21.2 Å². The molecule has 0 amide bonds. The summed E-state index contributed by atoms with van der Waals surface area (Å²) < 4.78 is 27.7. The molecule has 0 radical (unpaired) electrons. The van der Waals surface area contributed by atoms with Crippen molar-refractivity contribution in [2.24, 2.45) is 0 Å². The molecule has 100 valence electrons. The summed E-state index contributed by atoms with van der Waals surface area (Å²) in [5.41, 5.74) is 0.816. The summed E-state index contributed by atoms with van der Waals surface area (Å²) in [5.74, 6) is -1.09. The monoisotopic (exact) mass is 327 g/mol. The van der Waals surface area contributed by atoms with Gasteiger partial charge >= 0.3 is 0 Å². The van der Waals surface area contributed by atoms with Crippen LogP contribution in [0.5, 0.6) is 0 Å². The molecule has 0 aromatic heterocycles. The van der Waals surface area contributed by atoms with Crippen LogP contribution in [0.4, 0.5) is 14.5 Å². The number of hydrogen-bond donors (Lipinski definition) is 2. The maximum atomic E-state index is 13.6. The van der Waals surface area contributed by atoms with E-state index in [-0.39, 0.29) is 12.2 Å². The van der Waals surface area contributed by atoms with Gasteiger partial charge in [0.2, 0.25) is 0 Å². The highest BCUT2D eigenvalue weighted by molar-refractivity contribution is 9.10. The Morgan fingerprint density at radius 3 is 2.42 bits per heavy atom. The van der Waals surface area contributed by atoms with Crippen LogP contribution >= 0.6 is 15.9 Å². The molecule has 0 saturated heterocycles. The quantitative estimate of drug-likeness (QED) is 0.893. The van der Waals surface area contributed by atoms with Crippen molar-refractivity contribution >= 4 is 21.6 Å². The van der Waals surface area contributed by atoms with Crippen molar-refractivity contribution in [3.63, 3.8) is 0 Å². The van der Waals surface area contributed by atoms with E-state index < -0.39 is 17.7 Å². The molecule has 0 saturated carbocycles. The van der Waals surface area contributed by atoms with Crippen molar-refractivity contribution in [1.82, 2.24) is 0 Å². The predicted octanol–water partition coefficient (Wildman–Crippen LogP) is 3.87. The topological polar surface area (TPSA) is 32.3 Å². The number of anilines is 1. The molecular weight excluding hydrogens is 316 g/mol. The van der Waals surface area contributed by atoms with E-state index in [4.69, 9.17) is 0 Å². The number of aliphatic hydroxyl groups excluding tert-OH is 1. The summed E-state index contributed by atoms with van der Waals surface area (Å²) in [4.78, 5) is 0. The Bertz CT molecular complexity index is 560. The van der Waals surface area contributed by atoms with Gasteiger partial charge in [0.1, 0.15) is 11.6 Å². The van der Waals surface area contributed by atoms with E-state index in [9.17, 15) is 13.9 Å². The molecule has 0 spiro atoms. The minimum atomic E-state index is -0.697. The second-order valence-electron chi connectivity index (χ2n) is 4.05. The Balaban J connectivity index is 2.24. The lowest BCUT2D eigenvalue weighted by molar-refractivity contribution is 0.273. The molecule has 2 rings (SSSR count). The molecule has 19 heavy (non-hydrogen) atoms. The SMILES string of the molecule is OCC(Nc1ccc(Br)cc1)c1cc(F)ccc1F. The van der Waals surface area contributed by atoms with Crippen molar-refractivity contribution < 1.29 is 13.9 Å². The van der Waals surface area contributed by atoms with E-state index in [1.54, 1.807) is 12.1 Å². The van der Waals surface area contributed by atoms with Crippen molar-refractivity contribution in [1.29, 1.82) is 0 Å². The standard InChI is InChI=1S/C14H12BrF2NO/c15-9-1-4-11(5-2-9)18-14(8-19)12-7-10(16)3-6-13(12)17/h1-7,14,18-19H,8H2. The first-order valence-corrected chi connectivity index (χ1v) is 6.47. The Morgan fingerprint density at radius 2 is 1.79 bits per heavy atom. The average molecular weight is 328 g/mol. The van der Waals surface area contributed by atoms with E-state index in [0.717, 1.165) is 22.7 Å². The van der Waals surface area contributed by atoms with Gasteiger partial charge in [-0.05, 0) is 42.5 Å². The van der Waals surface area contributed by atoms with E-state index >= 15 is 0 Å². The van der Waals surface area contributed by atoms with Crippen LogP contribution in [0.25, 0.3) is 0 Å². The van der Waals surface area contributed by atoms with Crippen LogP contribution in [0, 0.1) is 11.6 Å². The second-order valence-corrected chi connectivity index (χ2v) is 4.97. The highest BCUT2D eigenvalue weighted by Gasteiger charge is 2.15. The fourth-order valence-electron chi connectivity index (χ4n) is 1.75. The van der Waals surface area contributed by atoms with E-state index in [0.29, 0.717) is 5.69 Å². The highest BCUT2D eigenvalue weighted by Crippen LogP contribution is 2.23.